The number of hydrogen-bond acceptors (Lipinski definition) is 4. The second-order valence-electron chi connectivity index (χ2n) is 7.90. The first-order valence-electron chi connectivity index (χ1n) is 10.7. The van der Waals surface area contributed by atoms with Gasteiger partial charge in [0.05, 0.1) is 43.2 Å². The number of nitrogens with zero attached hydrogens (tertiary/aromatic N) is 2. The van der Waals surface area contributed by atoms with Crippen LogP contribution in [0.3, 0.4) is 0 Å². The zero-order valence-electron chi connectivity index (χ0n) is 18.7. The molecule has 2 heterocycles. The van der Waals surface area contributed by atoms with Crippen LogP contribution < -0.4 is 15.0 Å². The summed E-state index contributed by atoms with van der Waals surface area (Å²) in [7, 11) is 1.51. The average molecular weight is 475 g/mol. The van der Waals surface area contributed by atoms with Crippen molar-refractivity contribution in [3.8, 4) is 5.75 Å². The Bertz CT molecular complexity index is 1110. The van der Waals surface area contributed by atoms with E-state index in [9.17, 15) is 22.8 Å². The van der Waals surface area contributed by atoms with Crippen LogP contribution in [0.1, 0.15) is 24.1 Å². The minimum absolute atomic E-state index is 0.0778. The number of allylic oxidation sites excluding steroid dienone is 1. The van der Waals surface area contributed by atoms with Crippen molar-refractivity contribution in [3.63, 3.8) is 0 Å². The van der Waals surface area contributed by atoms with Gasteiger partial charge < -0.3 is 19.7 Å². The van der Waals surface area contributed by atoms with Gasteiger partial charge in [0.2, 0.25) is 0 Å². The fourth-order valence-corrected chi connectivity index (χ4v) is 4.24. The van der Waals surface area contributed by atoms with E-state index in [1.54, 1.807) is 31.2 Å². The number of anilines is 1. The molecule has 2 aliphatic heterocycles. The third-order valence-electron chi connectivity index (χ3n) is 5.92. The maximum Gasteiger partial charge on any atom is 0.416 e. The Morgan fingerprint density at radius 3 is 2.35 bits per heavy atom. The Balaban J connectivity index is 1.86. The summed E-state index contributed by atoms with van der Waals surface area (Å²) in [6, 6.07) is 9.66. The second-order valence-corrected chi connectivity index (χ2v) is 7.90. The highest BCUT2D eigenvalue weighted by atomic mass is 19.4. The van der Waals surface area contributed by atoms with Crippen LogP contribution in [0.5, 0.6) is 5.75 Å². The number of carbonyl (C=O) groups is 2. The molecule has 1 N–H and O–H groups in total. The monoisotopic (exact) mass is 475 g/mol. The topological polar surface area (TPSA) is 71.1 Å². The Morgan fingerprint density at radius 2 is 1.74 bits per heavy atom. The molecule has 2 aromatic rings. The molecule has 0 unspecified atom stereocenters. The third kappa shape index (κ3) is 4.45. The van der Waals surface area contributed by atoms with Crippen LogP contribution in [-0.4, -0.2) is 50.3 Å². The number of benzene rings is 2. The van der Waals surface area contributed by atoms with Crippen molar-refractivity contribution in [1.82, 2.24) is 10.2 Å². The first-order valence-corrected chi connectivity index (χ1v) is 10.7. The summed E-state index contributed by atoms with van der Waals surface area (Å²) < 4.78 is 52.0. The summed E-state index contributed by atoms with van der Waals surface area (Å²) in [4.78, 5) is 29.6. The lowest BCUT2D eigenvalue weighted by atomic mass is 9.90. The minimum atomic E-state index is -4.66. The van der Waals surface area contributed by atoms with E-state index in [0.29, 0.717) is 37.7 Å². The highest BCUT2D eigenvalue weighted by Crippen LogP contribution is 2.40. The lowest BCUT2D eigenvalue weighted by Crippen LogP contribution is -2.51. The summed E-state index contributed by atoms with van der Waals surface area (Å²) in [5.41, 5.74) is -0.306. The van der Waals surface area contributed by atoms with Gasteiger partial charge in [-0.25, -0.2) is 4.79 Å². The molecule has 10 heteroatoms. The Hall–Kier alpha value is -3.53. The Kier molecular flexibility index (Phi) is 6.52. The number of ether oxygens (including phenoxy) is 2. The molecule has 2 aliphatic rings. The molecule has 3 amide bonds. The van der Waals surface area contributed by atoms with Gasteiger partial charge in [-0.1, -0.05) is 18.2 Å². The van der Waals surface area contributed by atoms with E-state index >= 15 is 0 Å². The van der Waals surface area contributed by atoms with Crippen molar-refractivity contribution in [3.05, 3.63) is 70.9 Å². The quantitative estimate of drug-likeness (QED) is 0.723. The molecule has 0 radical (unpaired) electrons. The number of alkyl halides is 3. The lowest BCUT2D eigenvalue weighted by Gasteiger charge is -2.38. The van der Waals surface area contributed by atoms with Crippen molar-refractivity contribution >= 4 is 17.6 Å². The average Bonchev–Trinajstić information content (AvgIpc) is 2.84. The number of carbonyl (C=O) groups excluding carboxylic acids is 2. The second kappa shape index (κ2) is 9.38. The van der Waals surface area contributed by atoms with Gasteiger partial charge in [-0.05, 0) is 42.8 Å². The highest BCUT2D eigenvalue weighted by Gasteiger charge is 2.42. The van der Waals surface area contributed by atoms with Gasteiger partial charge in [0.1, 0.15) is 5.75 Å². The number of rotatable bonds is 4. The molecule has 7 nitrogen and oxygen atoms in total. The number of methoxy groups -OCH3 is 1. The van der Waals surface area contributed by atoms with Crippen LogP contribution in [0.15, 0.2) is 59.8 Å². The minimum Gasteiger partial charge on any atom is -0.497 e. The summed E-state index contributed by atoms with van der Waals surface area (Å²) in [6.07, 6.45) is -4.66. The lowest BCUT2D eigenvalue weighted by molar-refractivity contribution is -0.139. The van der Waals surface area contributed by atoms with Crippen molar-refractivity contribution in [2.75, 3.05) is 38.3 Å². The number of nitrogens with one attached hydrogen (secondary N) is 1. The van der Waals surface area contributed by atoms with Gasteiger partial charge in [0.15, 0.2) is 0 Å². The Morgan fingerprint density at radius 1 is 1.09 bits per heavy atom. The van der Waals surface area contributed by atoms with Crippen molar-refractivity contribution in [1.29, 1.82) is 0 Å². The van der Waals surface area contributed by atoms with Crippen molar-refractivity contribution < 1.29 is 32.2 Å². The van der Waals surface area contributed by atoms with Crippen LogP contribution in [0, 0.1) is 0 Å². The molecule has 1 atom stereocenters. The fraction of sp³-hybridized carbons (Fsp3) is 0.333. The number of halogens is 3. The van der Waals surface area contributed by atoms with E-state index in [0.717, 1.165) is 6.07 Å². The highest BCUT2D eigenvalue weighted by molar-refractivity contribution is 6.05. The molecular formula is C24H24F3N3O4. The molecule has 34 heavy (non-hydrogen) atoms. The van der Waals surface area contributed by atoms with E-state index in [4.69, 9.17) is 9.47 Å². The van der Waals surface area contributed by atoms with Crippen LogP contribution in [0.2, 0.25) is 0 Å². The number of hydrogen-bond donors (Lipinski definition) is 1. The van der Waals surface area contributed by atoms with Crippen LogP contribution in [0.25, 0.3) is 0 Å². The zero-order chi connectivity index (χ0) is 24.5. The van der Waals surface area contributed by atoms with Gasteiger partial charge in [-0.2, -0.15) is 13.2 Å². The van der Waals surface area contributed by atoms with E-state index in [2.05, 4.69) is 5.32 Å². The Labute approximate surface area is 194 Å². The molecule has 1 saturated heterocycles. The van der Waals surface area contributed by atoms with Crippen LogP contribution in [-0.2, 0) is 15.7 Å². The molecule has 0 aliphatic carbocycles. The van der Waals surface area contributed by atoms with Gasteiger partial charge in [-0.15, -0.1) is 0 Å². The third-order valence-corrected chi connectivity index (χ3v) is 5.92. The SMILES string of the molecule is COc1ccc(N2C(=O)N[C@@H](c3ccccc3C(F)(F)F)C(C(=O)N3CCOCC3)=C2C)cc1. The van der Waals surface area contributed by atoms with E-state index in [-0.39, 0.29) is 16.8 Å². The molecule has 0 saturated carbocycles. The molecule has 0 aromatic heterocycles. The summed E-state index contributed by atoms with van der Waals surface area (Å²) in [5.74, 6) is 0.130. The maximum atomic E-state index is 13.8. The molecular weight excluding hydrogens is 451 g/mol. The van der Waals surface area contributed by atoms with Crippen LogP contribution in [0.4, 0.5) is 23.7 Å². The smallest absolute Gasteiger partial charge is 0.416 e. The largest absolute Gasteiger partial charge is 0.497 e. The summed E-state index contributed by atoms with van der Waals surface area (Å²) in [5, 5.41) is 2.64. The van der Waals surface area contributed by atoms with Gasteiger partial charge in [0.25, 0.3) is 5.91 Å². The zero-order valence-corrected chi connectivity index (χ0v) is 18.7. The van der Waals surface area contributed by atoms with Crippen molar-refractivity contribution in [2.45, 2.75) is 19.1 Å². The summed E-state index contributed by atoms with van der Waals surface area (Å²) >= 11 is 0. The predicted octanol–water partition coefficient (Wildman–Crippen LogP) is 4.12. The maximum absolute atomic E-state index is 13.8. The van der Waals surface area contributed by atoms with E-state index in [1.165, 1.54) is 35.1 Å². The van der Waals surface area contributed by atoms with E-state index in [1.807, 2.05) is 0 Å². The standard InChI is InChI=1S/C24H24F3N3O4/c1-15-20(22(31)29-11-13-34-14-12-29)21(18-5-3-4-6-19(18)24(25,26)27)28-23(32)30(15)16-7-9-17(33-2)10-8-16/h3-10,21H,11-14H2,1-2H3,(H,28,32)/t21-/m0/s1. The molecule has 4 rings (SSSR count). The van der Waals surface area contributed by atoms with Gasteiger partial charge in [-0.3, -0.25) is 9.69 Å². The van der Waals surface area contributed by atoms with E-state index < -0.39 is 29.7 Å². The number of urea groups is 1. The normalized spacial score (nSPS) is 19.2. The molecule has 2 aromatic carbocycles. The molecule has 180 valence electrons. The fourth-order valence-electron chi connectivity index (χ4n) is 4.24. The first-order chi connectivity index (χ1) is 16.2. The van der Waals surface area contributed by atoms with Gasteiger partial charge in [0, 0.05) is 18.8 Å². The van der Waals surface area contributed by atoms with Crippen molar-refractivity contribution in [2.24, 2.45) is 0 Å². The first kappa shape index (κ1) is 23.6. The number of morpholine rings is 1. The predicted molar refractivity (Wildman–Crippen MR) is 118 cm³/mol. The van der Waals surface area contributed by atoms with Gasteiger partial charge >= 0.3 is 12.2 Å². The number of amides is 3. The summed E-state index contributed by atoms with van der Waals surface area (Å²) in [6.45, 7) is 2.84. The molecule has 1 fully saturated rings. The van der Waals surface area contributed by atoms with Crippen LogP contribution >= 0.6 is 0 Å². The molecule has 0 spiro atoms. The molecule has 0 bridgehead atoms.